The maximum atomic E-state index is 3.00. The summed E-state index contributed by atoms with van der Waals surface area (Å²) in [5.41, 5.74) is -0.122. The summed E-state index contributed by atoms with van der Waals surface area (Å²) >= 11 is 0. The Labute approximate surface area is 57.7 Å². The van der Waals surface area contributed by atoms with Crippen LogP contribution in [0.3, 0.4) is 0 Å². The Balaban J connectivity index is 4.26. The van der Waals surface area contributed by atoms with Gasteiger partial charge in [0.15, 0.2) is 0 Å². The van der Waals surface area contributed by atoms with Gasteiger partial charge in [-0.15, -0.1) is 11.8 Å². The van der Waals surface area contributed by atoms with Gasteiger partial charge < -0.3 is 0 Å². The van der Waals surface area contributed by atoms with Gasteiger partial charge in [0.2, 0.25) is 0 Å². The van der Waals surface area contributed by atoms with Gasteiger partial charge in [-0.2, -0.15) is 0 Å². The minimum Gasteiger partial charge on any atom is -0.105 e. The Morgan fingerprint density at radius 1 is 0.889 bits per heavy atom. The number of rotatable bonds is 0. The van der Waals surface area contributed by atoms with Crippen LogP contribution in [0.2, 0.25) is 0 Å². The van der Waals surface area contributed by atoms with E-state index in [4.69, 9.17) is 0 Å². The molecule has 9 heavy (non-hydrogen) atoms. The molecule has 0 rings (SSSR count). The van der Waals surface area contributed by atoms with Crippen LogP contribution in [0.15, 0.2) is 0 Å². The van der Waals surface area contributed by atoms with E-state index in [1.54, 1.807) is 0 Å². The summed E-state index contributed by atoms with van der Waals surface area (Å²) in [6.45, 7) is 7.69. The minimum absolute atomic E-state index is 0.122. The molecule has 0 radical (unpaired) electrons. The molecule has 0 aliphatic carbocycles. The van der Waals surface area contributed by atoms with Crippen molar-refractivity contribution >= 4 is 0 Å². The molecule has 0 unspecified atom stereocenters. The highest BCUT2D eigenvalue weighted by molar-refractivity contribution is 5.22. The van der Waals surface area contributed by atoms with Gasteiger partial charge in [-0.05, 0) is 27.7 Å². The average Bonchev–Trinajstić information content (AvgIpc) is 1.64. The molecule has 0 aliphatic rings. The lowest BCUT2D eigenvalue weighted by atomic mass is 9.96. The van der Waals surface area contributed by atoms with Gasteiger partial charge in [0.25, 0.3) is 0 Å². The van der Waals surface area contributed by atoms with Crippen LogP contribution in [0.25, 0.3) is 0 Å². The topological polar surface area (TPSA) is 0 Å². The third-order valence-corrected chi connectivity index (χ3v) is 0.875. The standard InChI is InChI=1S/C9H12/c1-5-7-9(3,4)8-6-2/h1-4H3. The zero-order valence-electron chi connectivity index (χ0n) is 6.50. The van der Waals surface area contributed by atoms with Gasteiger partial charge in [-0.25, -0.2) is 0 Å². The quantitative estimate of drug-likeness (QED) is 0.429. The van der Waals surface area contributed by atoms with Crippen molar-refractivity contribution in [2.45, 2.75) is 27.7 Å². The van der Waals surface area contributed by atoms with Crippen LogP contribution >= 0.6 is 0 Å². The Morgan fingerprint density at radius 3 is 1.44 bits per heavy atom. The highest BCUT2D eigenvalue weighted by Crippen LogP contribution is 2.09. The van der Waals surface area contributed by atoms with Crippen molar-refractivity contribution in [1.29, 1.82) is 0 Å². The lowest BCUT2D eigenvalue weighted by molar-refractivity contribution is 0.685. The van der Waals surface area contributed by atoms with Crippen molar-refractivity contribution in [3.63, 3.8) is 0 Å². The average molecular weight is 120 g/mol. The van der Waals surface area contributed by atoms with Gasteiger partial charge in [0.1, 0.15) is 0 Å². The predicted molar refractivity (Wildman–Crippen MR) is 40.7 cm³/mol. The van der Waals surface area contributed by atoms with Crippen LogP contribution in [0.5, 0.6) is 0 Å². The maximum Gasteiger partial charge on any atom is 0.0862 e. The molecule has 0 spiro atoms. The molecule has 0 atom stereocenters. The fourth-order valence-electron chi connectivity index (χ4n) is 0.656. The number of hydrogen-bond acceptors (Lipinski definition) is 0. The smallest absolute Gasteiger partial charge is 0.0862 e. The monoisotopic (exact) mass is 120 g/mol. The molecule has 0 nitrogen and oxygen atoms in total. The Morgan fingerprint density at radius 2 is 1.22 bits per heavy atom. The second kappa shape index (κ2) is 3.21. The van der Waals surface area contributed by atoms with Gasteiger partial charge in [-0.1, -0.05) is 11.8 Å². The van der Waals surface area contributed by atoms with Crippen molar-refractivity contribution < 1.29 is 0 Å². The first-order valence-corrected chi connectivity index (χ1v) is 3.00. The summed E-state index contributed by atoms with van der Waals surface area (Å²) in [6.07, 6.45) is 0. The molecule has 0 saturated heterocycles. The van der Waals surface area contributed by atoms with E-state index < -0.39 is 0 Å². The first kappa shape index (κ1) is 8.12. The van der Waals surface area contributed by atoms with E-state index in [9.17, 15) is 0 Å². The molecule has 0 fully saturated rings. The van der Waals surface area contributed by atoms with E-state index in [1.165, 1.54) is 0 Å². The fraction of sp³-hybridized carbons (Fsp3) is 0.556. The molecule has 48 valence electrons. The minimum atomic E-state index is -0.122. The third-order valence-electron chi connectivity index (χ3n) is 0.875. The van der Waals surface area contributed by atoms with Crippen LogP contribution < -0.4 is 0 Å². The summed E-state index contributed by atoms with van der Waals surface area (Å²) in [5, 5.41) is 0. The van der Waals surface area contributed by atoms with E-state index >= 15 is 0 Å². The normalized spacial score (nSPS) is 8.44. The van der Waals surface area contributed by atoms with Crippen molar-refractivity contribution in [1.82, 2.24) is 0 Å². The summed E-state index contributed by atoms with van der Waals surface area (Å²) in [5.74, 6) is 11.7. The fourth-order valence-corrected chi connectivity index (χ4v) is 0.656. The van der Waals surface area contributed by atoms with Crippen LogP contribution in [0.4, 0.5) is 0 Å². The predicted octanol–water partition coefficient (Wildman–Crippen LogP) is 2.06. The molecule has 0 heterocycles. The highest BCUT2D eigenvalue weighted by Gasteiger charge is 2.07. The Hall–Kier alpha value is -0.880. The Bertz CT molecular complexity index is 166. The van der Waals surface area contributed by atoms with Gasteiger partial charge >= 0.3 is 0 Å². The lowest BCUT2D eigenvalue weighted by Crippen LogP contribution is -2.02. The second-order valence-electron chi connectivity index (χ2n) is 2.38. The molecule has 0 amide bonds. The molecule has 0 aromatic carbocycles. The first-order valence-electron chi connectivity index (χ1n) is 3.00. The van der Waals surface area contributed by atoms with Crippen molar-refractivity contribution in [3.05, 3.63) is 0 Å². The van der Waals surface area contributed by atoms with E-state index in [0.29, 0.717) is 0 Å². The van der Waals surface area contributed by atoms with Gasteiger partial charge in [0, 0.05) is 0 Å². The van der Waals surface area contributed by atoms with E-state index in [0.717, 1.165) is 0 Å². The molecule has 0 aliphatic heterocycles. The molecule has 0 aromatic heterocycles. The van der Waals surface area contributed by atoms with Crippen LogP contribution in [0, 0.1) is 29.1 Å². The van der Waals surface area contributed by atoms with Crippen LogP contribution in [0.1, 0.15) is 27.7 Å². The van der Waals surface area contributed by atoms with Crippen molar-refractivity contribution in [2.75, 3.05) is 0 Å². The molecule has 0 saturated carbocycles. The summed E-state index contributed by atoms with van der Waals surface area (Å²) in [7, 11) is 0. The van der Waals surface area contributed by atoms with Crippen molar-refractivity contribution in [2.24, 2.45) is 5.41 Å². The van der Waals surface area contributed by atoms with E-state index in [1.807, 2.05) is 27.7 Å². The molecular formula is C9H12. The zero-order valence-corrected chi connectivity index (χ0v) is 6.50. The maximum absolute atomic E-state index is 3.00. The first-order chi connectivity index (χ1) is 4.12. The third kappa shape index (κ3) is 3.68. The second-order valence-corrected chi connectivity index (χ2v) is 2.38. The molecule has 0 N–H and O–H groups in total. The Kier molecular flexibility index (Phi) is 2.89. The lowest BCUT2D eigenvalue weighted by Gasteiger charge is -2.05. The molecule has 0 bridgehead atoms. The summed E-state index contributed by atoms with van der Waals surface area (Å²) in [6, 6.07) is 0. The molecule has 0 heteroatoms. The summed E-state index contributed by atoms with van der Waals surface area (Å²) in [4.78, 5) is 0. The van der Waals surface area contributed by atoms with Crippen LogP contribution in [-0.4, -0.2) is 0 Å². The van der Waals surface area contributed by atoms with Crippen LogP contribution in [-0.2, 0) is 0 Å². The zero-order chi connectivity index (χ0) is 7.33. The molecular weight excluding hydrogens is 108 g/mol. The van der Waals surface area contributed by atoms with E-state index in [-0.39, 0.29) is 5.41 Å². The largest absolute Gasteiger partial charge is 0.105 e. The number of hydrogen-bond donors (Lipinski definition) is 0. The SMILES string of the molecule is CC#CC(C)(C)C#CC. The summed E-state index contributed by atoms with van der Waals surface area (Å²) < 4.78 is 0. The van der Waals surface area contributed by atoms with Gasteiger partial charge in [0.05, 0.1) is 5.41 Å². The van der Waals surface area contributed by atoms with Crippen molar-refractivity contribution in [3.8, 4) is 23.7 Å². The van der Waals surface area contributed by atoms with Gasteiger partial charge in [-0.3, -0.25) is 0 Å². The molecule has 0 aromatic rings. The van der Waals surface area contributed by atoms with E-state index in [2.05, 4.69) is 23.7 Å². The highest BCUT2D eigenvalue weighted by atomic mass is 14.1.